The van der Waals surface area contributed by atoms with Crippen molar-refractivity contribution in [2.45, 2.75) is 6.42 Å². The van der Waals surface area contributed by atoms with Gasteiger partial charge in [0.1, 0.15) is 5.75 Å². The van der Waals surface area contributed by atoms with E-state index in [9.17, 15) is 9.59 Å². The number of ether oxygens (including phenoxy) is 2. The van der Waals surface area contributed by atoms with E-state index in [0.717, 1.165) is 5.56 Å². The average Bonchev–Trinajstić information content (AvgIpc) is 2.97. The molecule has 0 fully saturated rings. The molecule has 0 spiro atoms. The lowest BCUT2D eigenvalue weighted by molar-refractivity contribution is -0.142. The zero-order valence-corrected chi connectivity index (χ0v) is 12.3. The zero-order valence-electron chi connectivity index (χ0n) is 11.5. The molecule has 0 aliphatic rings. The molecular formula is C15H15NO4S. The number of hydrogen-bond donors (Lipinski definition) is 1. The summed E-state index contributed by atoms with van der Waals surface area (Å²) in [4.78, 5) is 22.9. The Morgan fingerprint density at radius 3 is 2.86 bits per heavy atom. The average molecular weight is 305 g/mol. The first-order chi connectivity index (χ1) is 10.2. The van der Waals surface area contributed by atoms with E-state index in [2.05, 4.69) is 10.1 Å². The number of rotatable bonds is 6. The number of nitrogens with one attached hydrogen (secondary N) is 1. The molecule has 1 heterocycles. The first-order valence-corrected chi connectivity index (χ1v) is 7.22. The number of hydrogen-bond acceptors (Lipinski definition) is 5. The number of methoxy groups -OCH3 is 1. The highest BCUT2D eigenvalue weighted by molar-refractivity contribution is 7.08. The van der Waals surface area contributed by atoms with E-state index in [0.29, 0.717) is 17.9 Å². The zero-order chi connectivity index (χ0) is 15.1. The molecule has 0 unspecified atom stereocenters. The van der Waals surface area contributed by atoms with Crippen LogP contribution < -0.4 is 10.1 Å². The van der Waals surface area contributed by atoms with Crippen molar-refractivity contribution >= 4 is 28.9 Å². The van der Waals surface area contributed by atoms with Crippen LogP contribution in [-0.4, -0.2) is 25.6 Å². The molecule has 21 heavy (non-hydrogen) atoms. The van der Waals surface area contributed by atoms with Crippen LogP contribution in [0.1, 0.15) is 5.56 Å². The predicted octanol–water partition coefficient (Wildman–Crippen LogP) is 2.48. The minimum Gasteiger partial charge on any atom is -0.482 e. The van der Waals surface area contributed by atoms with Gasteiger partial charge in [-0.1, -0.05) is 6.07 Å². The molecule has 0 saturated heterocycles. The molecule has 110 valence electrons. The molecule has 1 amide bonds. The monoisotopic (exact) mass is 305 g/mol. The SMILES string of the molecule is COC(=O)COc1cccc(NC(=O)Cc2ccsc2)c1. The maximum absolute atomic E-state index is 11.9. The highest BCUT2D eigenvalue weighted by Crippen LogP contribution is 2.18. The summed E-state index contributed by atoms with van der Waals surface area (Å²) in [5.41, 5.74) is 1.60. The largest absolute Gasteiger partial charge is 0.482 e. The lowest BCUT2D eigenvalue weighted by Gasteiger charge is -2.08. The van der Waals surface area contributed by atoms with Crippen LogP contribution in [0.4, 0.5) is 5.69 Å². The van der Waals surface area contributed by atoms with Crippen molar-refractivity contribution in [3.8, 4) is 5.75 Å². The molecule has 2 rings (SSSR count). The molecule has 0 atom stereocenters. The fraction of sp³-hybridized carbons (Fsp3) is 0.200. The van der Waals surface area contributed by atoms with Gasteiger partial charge in [-0.05, 0) is 34.5 Å². The van der Waals surface area contributed by atoms with Crippen LogP contribution in [0.3, 0.4) is 0 Å². The van der Waals surface area contributed by atoms with Crippen molar-refractivity contribution < 1.29 is 19.1 Å². The number of carbonyl (C=O) groups excluding carboxylic acids is 2. The fourth-order valence-corrected chi connectivity index (χ4v) is 2.32. The van der Waals surface area contributed by atoms with Crippen LogP contribution in [0.2, 0.25) is 0 Å². The van der Waals surface area contributed by atoms with Gasteiger partial charge in [0.05, 0.1) is 13.5 Å². The molecular weight excluding hydrogens is 290 g/mol. The lowest BCUT2D eigenvalue weighted by atomic mass is 10.2. The van der Waals surface area contributed by atoms with Crippen molar-refractivity contribution in [2.75, 3.05) is 19.0 Å². The van der Waals surface area contributed by atoms with Gasteiger partial charge in [-0.2, -0.15) is 11.3 Å². The second-order valence-corrected chi connectivity index (χ2v) is 5.03. The molecule has 0 aliphatic heterocycles. The highest BCUT2D eigenvalue weighted by atomic mass is 32.1. The Hall–Kier alpha value is -2.34. The number of benzene rings is 1. The van der Waals surface area contributed by atoms with Crippen molar-refractivity contribution in [1.82, 2.24) is 0 Å². The van der Waals surface area contributed by atoms with Gasteiger partial charge in [0, 0.05) is 11.8 Å². The number of carbonyl (C=O) groups is 2. The third-order valence-corrected chi connectivity index (χ3v) is 3.38. The van der Waals surface area contributed by atoms with E-state index < -0.39 is 5.97 Å². The van der Waals surface area contributed by atoms with Gasteiger partial charge in [-0.3, -0.25) is 4.79 Å². The summed E-state index contributed by atoms with van der Waals surface area (Å²) >= 11 is 1.56. The molecule has 1 N–H and O–H groups in total. The van der Waals surface area contributed by atoms with Gasteiger partial charge in [0.15, 0.2) is 6.61 Å². The summed E-state index contributed by atoms with van der Waals surface area (Å²) in [6, 6.07) is 8.79. The Bertz CT molecular complexity index is 610. The van der Waals surface area contributed by atoms with Gasteiger partial charge in [-0.15, -0.1) is 0 Å². The van der Waals surface area contributed by atoms with Crippen LogP contribution >= 0.6 is 11.3 Å². The fourth-order valence-electron chi connectivity index (χ4n) is 1.65. The van der Waals surface area contributed by atoms with Crippen LogP contribution in [0.15, 0.2) is 41.1 Å². The topological polar surface area (TPSA) is 64.6 Å². The molecule has 1 aromatic carbocycles. The lowest BCUT2D eigenvalue weighted by Crippen LogP contribution is -2.15. The van der Waals surface area contributed by atoms with Crippen LogP contribution in [0.5, 0.6) is 5.75 Å². The van der Waals surface area contributed by atoms with E-state index in [1.807, 2.05) is 16.8 Å². The van der Waals surface area contributed by atoms with Crippen LogP contribution in [0, 0.1) is 0 Å². The van der Waals surface area contributed by atoms with Gasteiger partial charge in [-0.25, -0.2) is 4.79 Å². The van der Waals surface area contributed by atoms with E-state index in [1.54, 1.807) is 35.6 Å². The Labute approximate surface area is 126 Å². The molecule has 0 radical (unpaired) electrons. The second kappa shape index (κ2) is 7.44. The minimum absolute atomic E-state index is 0.0986. The summed E-state index contributed by atoms with van der Waals surface area (Å²) in [5, 5.41) is 6.67. The number of amides is 1. The summed E-state index contributed by atoms with van der Waals surface area (Å²) in [5.74, 6) is -0.0610. The first-order valence-electron chi connectivity index (χ1n) is 6.28. The van der Waals surface area contributed by atoms with E-state index in [1.165, 1.54) is 7.11 Å². The summed E-state index contributed by atoms with van der Waals surface area (Å²) in [6.07, 6.45) is 0.330. The molecule has 1 aromatic heterocycles. The highest BCUT2D eigenvalue weighted by Gasteiger charge is 2.06. The van der Waals surface area contributed by atoms with E-state index in [-0.39, 0.29) is 12.5 Å². The van der Waals surface area contributed by atoms with Crippen LogP contribution in [0.25, 0.3) is 0 Å². The predicted molar refractivity (Wildman–Crippen MR) is 80.6 cm³/mol. The summed E-state index contributed by atoms with van der Waals surface area (Å²) in [7, 11) is 1.30. The molecule has 0 bridgehead atoms. The van der Waals surface area contributed by atoms with Crippen molar-refractivity contribution in [3.63, 3.8) is 0 Å². The normalized spacial score (nSPS) is 9.95. The van der Waals surface area contributed by atoms with E-state index >= 15 is 0 Å². The first kappa shape index (κ1) is 15.1. The summed E-state index contributed by atoms with van der Waals surface area (Å²) < 4.78 is 9.76. The second-order valence-electron chi connectivity index (χ2n) is 4.25. The van der Waals surface area contributed by atoms with Gasteiger partial charge < -0.3 is 14.8 Å². The van der Waals surface area contributed by atoms with Crippen molar-refractivity contribution in [2.24, 2.45) is 0 Å². The van der Waals surface area contributed by atoms with Gasteiger partial charge >= 0.3 is 5.97 Å². The number of esters is 1. The smallest absolute Gasteiger partial charge is 0.343 e. The van der Waals surface area contributed by atoms with Crippen molar-refractivity contribution in [1.29, 1.82) is 0 Å². The summed E-state index contributed by atoms with van der Waals surface area (Å²) in [6.45, 7) is -0.164. The molecule has 0 saturated carbocycles. The Kier molecular flexibility index (Phi) is 5.34. The quantitative estimate of drug-likeness (QED) is 0.833. The third-order valence-electron chi connectivity index (χ3n) is 2.65. The molecule has 2 aromatic rings. The maximum Gasteiger partial charge on any atom is 0.343 e. The Balaban J connectivity index is 1.91. The number of thiophene rings is 1. The van der Waals surface area contributed by atoms with E-state index in [4.69, 9.17) is 4.74 Å². The Morgan fingerprint density at radius 1 is 1.29 bits per heavy atom. The minimum atomic E-state index is -0.457. The standard InChI is InChI=1S/C15H15NO4S/c1-19-15(18)9-20-13-4-2-3-12(8-13)16-14(17)7-11-5-6-21-10-11/h2-6,8,10H,7,9H2,1H3,(H,16,17). The molecule has 0 aliphatic carbocycles. The van der Waals surface area contributed by atoms with Crippen molar-refractivity contribution in [3.05, 3.63) is 46.7 Å². The van der Waals surface area contributed by atoms with Gasteiger partial charge in [0.2, 0.25) is 5.91 Å². The molecule has 5 nitrogen and oxygen atoms in total. The Morgan fingerprint density at radius 2 is 2.14 bits per heavy atom. The molecule has 6 heteroatoms. The van der Waals surface area contributed by atoms with Crippen LogP contribution in [-0.2, 0) is 20.7 Å². The third kappa shape index (κ3) is 4.92. The maximum atomic E-state index is 11.9. The number of anilines is 1. The van der Waals surface area contributed by atoms with Gasteiger partial charge in [0.25, 0.3) is 0 Å².